The largest absolute Gasteiger partial charge is 0.493 e. The van der Waals surface area contributed by atoms with Gasteiger partial charge in [0.25, 0.3) is 0 Å². The highest BCUT2D eigenvalue weighted by atomic mass is 16.5. The quantitative estimate of drug-likeness (QED) is 0.444. The van der Waals surface area contributed by atoms with Crippen LogP contribution in [0.1, 0.15) is 56.6 Å². The van der Waals surface area contributed by atoms with Crippen LogP contribution >= 0.6 is 0 Å². The molecular formula is C27H35NO2. The van der Waals surface area contributed by atoms with Crippen molar-refractivity contribution in [2.24, 2.45) is 5.92 Å². The summed E-state index contributed by atoms with van der Waals surface area (Å²) in [5.74, 6) is 3.24. The molecule has 0 aromatic heterocycles. The molecule has 1 aliphatic heterocycles. The average Bonchev–Trinajstić information content (AvgIpc) is 3.44. The van der Waals surface area contributed by atoms with E-state index < -0.39 is 0 Å². The van der Waals surface area contributed by atoms with E-state index >= 15 is 0 Å². The van der Waals surface area contributed by atoms with Crippen LogP contribution in [0.4, 0.5) is 5.69 Å². The highest BCUT2D eigenvalue weighted by Gasteiger charge is 2.26. The van der Waals surface area contributed by atoms with Crippen molar-refractivity contribution in [2.75, 3.05) is 24.6 Å². The van der Waals surface area contributed by atoms with Gasteiger partial charge >= 0.3 is 0 Å². The molecular weight excluding hydrogens is 370 g/mol. The lowest BCUT2D eigenvalue weighted by Crippen LogP contribution is -2.25. The van der Waals surface area contributed by atoms with E-state index in [1.165, 1.54) is 35.2 Å². The first-order valence-corrected chi connectivity index (χ1v) is 11.4. The average molecular weight is 406 g/mol. The van der Waals surface area contributed by atoms with Crippen molar-refractivity contribution < 1.29 is 9.47 Å². The lowest BCUT2D eigenvalue weighted by atomic mass is 9.95. The first kappa shape index (κ1) is 20.8. The molecule has 1 saturated carbocycles. The molecule has 1 saturated heterocycles. The Morgan fingerprint density at radius 1 is 1.10 bits per heavy atom. The van der Waals surface area contributed by atoms with Crippen molar-refractivity contribution in [3.63, 3.8) is 0 Å². The van der Waals surface area contributed by atoms with Gasteiger partial charge in [-0.2, -0.15) is 0 Å². The Morgan fingerprint density at radius 2 is 1.83 bits per heavy atom. The summed E-state index contributed by atoms with van der Waals surface area (Å²) in [6, 6.07) is 15.1. The van der Waals surface area contributed by atoms with Crippen LogP contribution in [0.25, 0.3) is 0 Å². The van der Waals surface area contributed by atoms with Crippen LogP contribution in [-0.2, 0) is 0 Å². The zero-order valence-corrected chi connectivity index (χ0v) is 18.7. The molecule has 160 valence electrons. The van der Waals surface area contributed by atoms with E-state index in [9.17, 15) is 0 Å². The van der Waals surface area contributed by atoms with E-state index in [1.54, 1.807) is 0 Å². The number of benzene rings is 2. The van der Waals surface area contributed by atoms with Gasteiger partial charge in [-0.15, -0.1) is 6.58 Å². The molecule has 1 unspecified atom stereocenters. The number of ether oxygens (including phenoxy) is 2. The fourth-order valence-corrected chi connectivity index (χ4v) is 4.32. The van der Waals surface area contributed by atoms with E-state index in [0.29, 0.717) is 5.92 Å². The SMILES string of the molecule is C=C(C)C[C@@H](C)c1ccc(OC2CCN(c3ccc(OCC4CC4)cc3C)C2)cc1. The third-order valence-corrected chi connectivity index (χ3v) is 6.24. The third kappa shape index (κ3) is 5.38. The Hall–Kier alpha value is -2.42. The second kappa shape index (κ2) is 9.16. The molecule has 1 heterocycles. The summed E-state index contributed by atoms with van der Waals surface area (Å²) in [5.41, 5.74) is 5.15. The zero-order valence-electron chi connectivity index (χ0n) is 18.7. The molecule has 2 aliphatic rings. The molecule has 3 heteroatoms. The van der Waals surface area contributed by atoms with Crippen LogP contribution in [0.2, 0.25) is 0 Å². The minimum Gasteiger partial charge on any atom is -0.493 e. The number of anilines is 1. The Labute approximate surface area is 181 Å². The van der Waals surface area contributed by atoms with Crippen molar-refractivity contribution in [1.82, 2.24) is 0 Å². The molecule has 0 bridgehead atoms. The summed E-state index contributed by atoms with van der Waals surface area (Å²) in [5, 5.41) is 0. The van der Waals surface area contributed by atoms with Crippen LogP contribution in [0, 0.1) is 12.8 Å². The second-order valence-electron chi connectivity index (χ2n) is 9.31. The van der Waals surface area contributed by atoms with Gasteiger partial charge in [-0.05, 0) is 86.4 Å². The van der Waals surface area contributed by atoms with Gasteiger partial charge < -0.3 is 14.4 Å². The minimum absolute atomic E-state index is 0.230. The maximum absolute atomic E-state index is 6.29. The van der Waals surface area contributed by atoms with E-state index in [2.05, 4.69) is 74.7 Å². The Kier molecular flexibility index (Phi) is 6.36. The topological polar surface area (TPSA) is 21.7 Å². The number of aryl methyl sites for hydroxylation is 1. The van der Waals surface area contributed by atoms with Gasteiger partial charge in [-0.25, -0.2) is 0 Å². The maximum Gasteiger partial charge on any atom is 0.119 e. The van der Waals surface area contributed by atoms with Crippen LogP contribution in [0.5, 0.6) is 11.5 Å². The molecule has 4 rings (SSSR count). The first-order valence-electron chi connectivity index (χ1n) is 11.4. The number of nitrogens with zero attached hydrogens (tertiary/aromatic N) is 1. The number of hydrogen-bond acceptors (Lipinski definition) is 3. The van der Waals surface area contributed by atoms with Crippen LogP contribution < -0.4 is 14.4 Å². The predicted octanol–water partition coefficient (Wildman–Crippen LogP) is 6.51. The van der Waals surface area contributed by atoms with Gasteiger partial charge in [0.2, 0.25) is 0 Å². The summed E-state index contributed by atoms with van der Waals surface area (Å²) in [4.78, 5) is 2.44. The fourth-order valence-electron chi connectivity index (χ4n) is 4.32. The summed E-state index contributed by atoms with van der Waals surface area (Å²) in [6.45, 7) is 13.4. The molecule has 2 aromatic rings. The van der Waals surface area contributed by atoms with Gasteiger partial charge in [0, 0.05) is 18.7 Å². The van der Waals surface area contributed by atoms with Gasteiger partial charge in [-0.1, -0.05) is 24.6 Å². The zero-order chi connectivity index (χ0) is 21.1. The van der Waals surface area contributed by atoms with Crippen LogP contribution in [-0.4, -0.2) is 25.8 Å². The van der Waals surface area contributed by atoms with Crippen molar-refractivity contribution in [2.45, 2.75) is 58.5 Å². The van der Waals surface area contributed by atoms with Crippen molar-refractivity contribution >= 4 is 5.69 Å². The molecule has 1 aliphatic carbocycles. The molecule has 2 aromatic carbocycles. The van der Waals surface area contributed by atoms with Crippen LogP contribution in [0.3, 0.4) is 0 Å². The Morgan fingerprint density at radius 3 is 2.50 bits per heavy atom. The third-order valence-electron chi connectivity index (χ3n) is 6.24. The smallest absolute Gasteiger partial charge is 0.119 e. The molecule has 2 atom stereocenters. The molecule has 0 spiro atoms. The highest BCUT2D eigenvalue weighted by Crippen LogP contribution is 2.32. The van der Waals surface area contributed by atoms with E-state index in [4.69, 9.17) is 9.47 Å². The van der Waals surface area contributed by atoms with E-state index in [0.717, 1.165) is 50.0 Å². The van der Waals surface area contributed by atoms with Crippen molar-refractivity contribution in [1.29, 1.82) is 0 Å². The normalized spacial score (nSPS) is 19.6. The van der Waals surface area contributed by atoms with Gasteiger partial charge in [-0.3, -0.25) is 0 Å². The highest BCUT2D eigenvalue weighted by molar-refractivity contribution is 5.56. The van der Waals surface area contributed by atoms with E-state index in [1.807, 2.05) is 0 Å². The van der Waals surface area contributed by atoms with E-state index in [-0.39, 0.29) is 6.10 Å². The standard InChI is InChI=1S/C27H35NO2/c1-19(2)15-20(3)23-7-9-24(10-8-23)30-26-13-14-28(17-26)27-12-11-25(16-21(27)4)29-18-22-5-6-22/h7-12,16,20,22,26H,1,5-6,13-15,17-18H2,2-4H3/t20-,26?/m1/s1. The summed E-state index contributed by atoms with van der Waals surface area (Å²) in [6.07, 6.45) is 4.95. The second-order valence-corrected chi connectivity index (χ2v) is 9.31. The minimum atomic E-state index is 0.230. The number of allylic oxidation sites excluding steroid dienone is 1. The molecule has 0 radical (unpaired) electrons. The monoisotopic (exact) mass is 405 g/mol. The van der Waals surface area contributed by atoms with Crippen molar-refractivity contribution in [3.05, 3.63) is 65.7 Å². The summed E-state index contributed by atoms with van der Waals surface area (Å²) < 4.78 is 12.2. The maximum atomic E-state index is 6.29. The van der Waals surface area contributed by atoms with Gasteiger partial charge in [0.05, 0.1) is 13.2 Å². The predicted molar refractivity (Wildman–Crippen MR) is 125 cm³/mol. The lowest BCUT2D eigenvalue weighted by Gasteiger charge is -2.22. The van der Waals surface area contributed by atoms with Gasteiger partial charge in [0.15, 0.2) is 0 Å². The summed E-state index contributed by atoms with van der Waals surface area (Å²) in [7, 11) is 0. The molecule has 2 fully saturated rings. The Balaban J connectivity index is 1.31. The molecule has 0 N–H and O–H groups in total. The van der Waals surface area contributed by atoms with Crippen LogP contribution in [0.15, 0.2) is 54.6 Å². The lowest BCUT2D eigenvalue weighted by molar-refractivity contribution is 0.225. The number of hydrogen-bond donors (Lipinski definition) is 0. The van der Waals surface area contributed by atoms with Crippen molar-refractivity contribution in [3.8, 4) is 11.5 Å². The number of rotatable bonds is 9. The van der Waals surface area contributed by atoms with Gasteiger partial charge in [0.1, 0.15) is 17.6 Å². The summed E-state index contributed by atoms with van der Waals surface area (Å²) >= 11 is 0. The fraction of sp³-hybridized carbons (Fsp3) is 0.481. The molecule has 0 amide bonds. The first-order chi connectivity index (χ1) is 14.5. The molecule has 30 heavy (non-hydrogen) atoms. The Bertz CT molecular complexity index is 869. The molecule has 3 nitrogen and oxygen atoms in total.